The second-order valence-corrected chi connectivity index (χ2v) is 4.67. The van der Waals surface area contributed by atoms with E-state index < -0.39 is 6.10 Å². The maximum atomic E-state index is 12.8. The van der Waals surface area contributed by atoms with Crippen LogP contribution in [0.25, 0.3) is 0 Å². The van der Waals surface area contributed by atoms with Gasteiger partial charge in [0.05, 0.1) is 0 Å². The molecule has 110 valence electrons. The molecule has 2 aromatic carbocycles. The van der Waals surface area contributed by atoms with E-state index in [0.717, 1.165) is 5.56 Å². The van der Waals surface area contributed by atoms with Gasteiger partial charge in [-0.1, -0.05) is 37.3 Å². The first-order valence-electron chi connectivity index (χ1n) is 6.93. The van der Waals surface area contributed by atoms with Gasteiger partial charge in [-0.25, -0.2) is 4.39 Å². The van der Waals surface area contributed by atoms with Crippen LogP contribution in [0, 0.1) is 5.82 Å². The van der Waals surface area contributed by atoms with Gasteiger partial charge < -0.3 is 10.1 Å². The molecule has 0 aliphatic carbocycles. The number of ether oxygens (including phenoxy) is 1. The number of carbonyl (C=O) groups is 1. The summed E-state index contributed by atoms with van der Waals surface area (Å²) in [5.74, 6) is 0.205. The van der Waals surface area contributed by atoms with E-state index in [2.05, 4.69) is 5.32 Å². The minimum absolute atomic E-state index is 0.175. The van der Waals surface area contributed by atoms with Gasteiger partial charge in [-0.2, -0.15) is 0 Å². The summed E-state index contributed by atoms with van der Waals surface area (Å²) in [6, 6.07) is 15.3. The number of carbonyl (C=O) groups excluding carboxylic acids is 1. The minimum atomic E-state index is -0.534. The van der Waals surface area contributed by atoms with Crippen LogP contribution in [0.4, 0.5) is 4.39 Å². The summed E-state index contributed by atoms with van der Waals surface area (Å²) in [4.78, 5) is 12.1. The number of benzene rings is 2. The van der Waals surface area contributed by atoms with Crippen molar-refractivity contribution in [3.8, 4) is 5.75 Å². The molecular weight excluding hydrogens is 269 g/mol. The van der Waals surface area contributed by atoms with Gasteiger partial charge in [0.25, 0.3) is 5.91 Å². The Labute approximate surface area is 123 Å². The lowest BCUT2D eigenvalue weighted by molar-refractivity contribution is -0.128. The molecule has 3 nitrogen and oxygen atoms in total. The zero-order chi connectivity index (χ0) is 15.1. The Morgan fingerprint density at radius 2 is 1.81 bits per heavy atom. The van der Waals surface area contributed by atoms with Crippen LogP contribution in [0.3, 0.4) is 0 Å². The topological polar surface area (TPSA) is 38.3 Å². The van der Waals surface area contributed by atoms with E-state index in [1.807, 2.05) is 37.3 Å². The second-order valence-electron chi connectivity index (χ2n) is 4.67. The third-order valence-corrected chi connectivity index (χ3v) is 3.06. The van der Waals surface area contributed by atoms with Gasteiger partial charge in [0, 0.05) is 6.54 Å². The van der Waals surface area contributed by atoms with E-state index in [1.165, 1.54) is 12.1 Å². The molecule has 1 N–H and O–H groups in total. The van der Waals surface area contributed by atoms with Crippen molar-refractivity contribution >= 4 is 5.91 Å². The molecule has 1 atom stereocenters. The van der Waals surface area contributed by atoms with Crippen LogP contribution < -0.4 is 10.1 Å². The fraction of sp³-hybridized carbons (Fsp3) is 0.235. The molecule has 0 aliphatic heterocycles. The summed E-state index contributed by atoms with van der Waals surface area (Å²) in [7, 11) is 0. The summed E-state index contributed by atoms with van der Waals surface area (Å²) in [5, 5.41) is 2.80. The van der Waals surface area contributed by atoms with Gasteiger partial charge >= 0.3 is 0 Å². The van der Waals surface area contributed by atoms with Crippen LogP contribution in [-0.4, -0.2) is 12.0 Å². The number of halogens is 1. The predicted molar refractivity (Wildman–Crippen MR) is 79.4 cm³/mol. The molecule has 4 heteroatoms. The lowest BCUT2D eigenvalue weighted by Gasteiger charge is -2.17. The molecule has 0 saturated heterocycles. The first-order valence-corrected chi connectivity index (χ1v) is 6.93. The average molecular weight is 287 g/mol. The van der Waals surface area contributed by atoms with Crippen molar-refractivity contribution in [1.82, 2.24) is 5.32 Å². The number of hydrogen-bond donors (Lipinski definition) is 1. The highest BCUT2D eigenvalue weighted by molar-refractivity contribution is 5.81. The van der Waals surface area contributed by atoms with E-state index in [0.29, 0.717) is 18.7 Å². The van der Waals surface area contributed by atoms with Crippen LogP contribution >= 0.6 is 0 Å². The number of rotatable bonds is 6. The van der Waals surface area contributed by atoms with Crippen molar-refractivity contribution < 1.29 is 13.9 Å². The van der Waals surface area contributed by atoms with Crippen molar-refractivity contribution in [3.05, 3.63) is 66.0 Å². The molecule has 2 rings (SSSR count). The normalized spacial score (nSPS) is 11.7. The average Bonchev–Trinajstić information content (AvgIpc) is 2.52. The molecule has 0 aliphatic rings. The van der Waals surface area contributed by atoms with Crippen LogP contribution in [0.5, 0.6) is 5.75 Å². The van der Waals surface area contributed by atoms with E-state index in [-0.39, 0.29) is 11.7 Å². The molecule has 0 fully saturated rings. The zero-order valence-corrected chi connectivity index (χ0v) is 11.9. The Hall–Kier alpha value is -2.36. The van der Waals surface area contributed by atoms with E-state index in [1.54, 1.807) is 12.1 Å². The molecular formula is C17H18FNO2. The molecule has 1 amide bonds. The van der Waals surface area contributed by atoms with Gasteiger partial charge in [-0.05, 0) is 36.2 Å². The van der Waals surface area contributed by atoms with Crippen molar-refractivity contribution in [1.29, 1.82) is 0 Å². The Kier molecular flexibility index (Phi) is 5.32. The predicted octanol–water partition coefficient (Wildman–Crippen LogP) is 3.30. The minimum Gasteiger partial charge on any atom is -0.481 e. The lowest BCUT2D eigenvalue weighted by Crippen LogP contribution is -2.37. The highest BCUT2D eigenvalue weighted by atomic mass is 19.1. The number of hydrogen-bond acceptors (Lipinski definition) is 2. The van der Waals surface area contributed by atoms with Crippen LogP contribution in [0.15, 0.2) is 54.6 Å². The van der Waals surface area contributed by atoms with Gasteiger partial charge in [-0.15, -0.1) is 0 Å². The molecule has 2 aromatic rings. The summed E-state index contributed by atoms with van der Waals surface area (Å²) in [5.41, 5.74) is 0.847. The summed E-state index contributed by atoms with van der Waals surface area (Å²) in [6.45, 7) is 2.25. The molecule has 0 aromatic heterocycles. The Balaban J connectivity index is 1.89. The number of amides is 1. The Bertz CT molecular complexity index is 569. The van der Waals surface area contributed by atoms with E-state index in [4.69, 9.17) is 4.74 Å². The van der Waals surface area contributed by atoms with Crippen molar-refractivity contribution in [2.45, 2.75) is 26.0 Å². The van der Waals surface area contributed by atoms with Crippen molar-refractivity contribution in [2.75, 3.05) is 0 Å². The molecule has 21 heavy (non-hydrogen) atoms. The molecule has 0 spiro atoms. The van der Waals surface area contributed by atoms with E-state index >= 15 is 0 Å². The van der Waals surface area contributed by atoms with Crippen molar-refractivity contribution in [2.24, 2.45) is 0 Å². The summed E-state index contributed by atoms with van der Waals surface area (Å²) >= 11 is 0. The number of nitrogens with one attached hydrogen (secondary N) is 1. The highest BCUT2D eigenvalue weighted by Gasteiger charge is 2.17. The second kappa shape index (κ2) is 7.43. The third kappa shape index (κ3) is 4.60. The van der Waals surface area contributed by atoms with Gasteiger partial charge in [0.2, 0.25) is 0 Å². The first kappa shape index (κ1) is 15.0. The fourth-order valence-corrected chi connectivity index (χ4v) is 1.89. The zero-order valence-electron chi connectivity index (χ0n) is 11.9. The molecule has 0 saturated carbocycles. The highest BCUT2D eigenvalue weighted by Crippen LogP contribution is 2.12. The standard InChI is InChI=1S/C17H18FNO2/c1-2-16(21-15-6-4-3-5-7-15)17(20)19-12-13-8-10-14(18)11-9-13/h3-11,16H,2,12H2,1H3,(H,19,20)/t16-/m0/s1. The largest absolute Gasteiger partial charge is 0.481 e. The first-order chi connectivity index (χ1) is 10.2. The van der Waals surface area contributed by atoms with Gasteiger partial charge in [0.15, 0.2) is 6.10 Å². The van der Waals surface area contributed by atoms with E-state index in [9.17, 15) is 9.18 Å². The van der Waals surface area contributed by atoms with Gasteiger partial charge in [-0.3, -0.25) is 4.79 Å². The lowest BCUT2D eigenvalue weighted by atomic mass is 10.2. The monoisotopic (exact) mass is 287 g/mol. The molecule has 0 radical (unpaired) electrons. The molecule has 0 bridgehead atoms. The van der Waals surface area contributed by atoms with Crippen molar-refractivity contribution in [3.63, 3.8) is 0 Å². The number of para-hydroxylation sites is 1. The SMILES string of the molecule is CC[C@H](Oc1ccccc1)C(=O)NCc1ccc(F)cc1. The van der Waals surface area contributed by atoms with Crippen LogP contribution in [-0.2, 0) is 11.3 Å². The fourth-order valence-electron chi connectivity index (χ4n) is 1.89. The third-order valence-electron chi connectivity index (χ3n) is 3.06. The summed E-state index contributed by atoms with van der Waals surface area (Å²) < 4.78 is 18.5. The maximum Gasteiger partial charge on any atom is 0.261 e. The van der Waals surface area contributed by atoms with Gasteiger partial charge in [0.1, 0.15) is 11.6 Å². The quantitative estimate of drug-likeness (QED) is 0.885. The molecule has 0 unspecified atom stereocenters. The maximum absolute atomic E-state index is 12.8. The summed E-state index contributed by atoms with van der Waals surface area (Å²) in [6.07, 6.45) is 0.0392. The van der Waals surface area contributed by atoms with Crippen LogP contribution in [0.1, 0.15) is 18.9 Å². The Morgan fingerprint density at radius 3 is 2.43 bits per heavy atom. The smallest absolute Gasteiger partial charge is 0.261 e. The molecule has 0 heterocycles. The van der Waals surface area contributed by atoms with Crippen LogP contribution in [0.2, 0.25) is 0 Å². The Morgan fingerprint density at radius 1 is 1.14 bits per heavy atom.